The number of carbonyl (C=O) groups is 1. The van der Waals surface area contributed by atoms with Gasteiger partial charge in [0.05, 0.1) is 6.54 Å². The fraction of sp³-hybridized carbons (Fsp3) is 0.400. The Morgan fingerprint density at radius 2 is 2.05 bits per heavy atom. The second-order valence-electron chi connectivity index (χ2n) is 4.63. The van der Waals surface area contributed by atoms with Crippen molar-refractivity contribution in [1.82, 2.24) is 10.6 Å². The number of hydrogen-bond donors (Lipinski definition) is 2. The molecule has 1 aromatic heterocycles. The van der Waals surface area contributed by atoms with Crippen LogP contribution in [-0.2, 0) is 11.3 Å². The van der Waals surface area contributed by atoms with E-state index >= 15 is 0 Å². The van der Waals surface area contributed by atoms with Crippen molar-refractivity contribution in [2.24, 2.45) is 0 Å². The number of rotatable bonds is 6. The van der Waals surface area contributed by atoms with E-state index in [1.807, 2.05) is 38.2 Å². The standard InChI is InChI=1S/C15H20N2O2.ClH/c1-11-12-6-3-4-7-13(12)19-14(11)10-17-15(18)8-5-9-16-2;/h3-4,6-7,16H,5,8-10H2,1-2H3,(H,17,18);1H. The molecule has 2 rings (SSSR count). The van der Waals surface area contributed by atoms with Gasteiger partial charge in [-0.05, 0) is 33.0 Å². The molecule has 0 aliphatic rings. The summed E-state index contributed by atoms with van der Waals surface area (Å²) in [6, 6.07) is 7.92. The van der Waals surface area contributed by atoms with Crippen molar-refractivity contribution in [3.8, 4) is 0 Å². The zero-order chi connectivity index (χ0) is 13.7. The first-order valence-electron chi connectivity index (χ1n) is 6.60. The van der Waals surface area contributed by atoms with Gasteiger partial charge in [-0.1, -0.05) is 18.2 Å². The van der Waals surface area contributed by atoms with Crippen LogP contribution in [-0.4, -0.2) is 19.5 Å². The maximum atomic E-state index is 11.6. The number of para-hydroxylation sites is 1. The van der Waals surface area contributed by atoms with E-state index in [0.717, 1.165) is 35.3 Å². The summed E-state index contributed by atoms with van der Waals surface area (Å²) < 4.78 is 5.75. The van der Waals surface area contributed by atoms with Crippen molar-refractivity contribution in [3.63, 3.8) is 0 Å². The highest BCUT2D eigenvalue weighted by Gasteiger charge is 2.10. The van der Waals surface area contributed by atoms with Crippen LogP contribution in [0.25, 0.3) is 11.0 Å². The molecule has 1 amide bonds. The van der Waals surface area contributed by atoms with E-state index in [0.29, 0.717) is 13.0 Å². The minimum Gasteiger partial charge on any atom is -0.459 e. The Bertz CT molecular complexity index is 566. The molecule has 5 heteroatoms. The van der Waals surface area contributed by atoms with Crippen molar-refractivity contribution in [1.29, 1.82) is 0 Å². The fourth-order valence-corrected chi connectivity index (χ4v) is 2.09. The molecule has 0 saturated heterocycles. The zero-order valence-corrected chi connectivity index (χ0v) is 12.7. The summed E-state index contributed by atoms with van der Waals surface area (Å²) in [4.78, 5) is 11.6. The Labute approximate surface area is 125 Å². The van der Waals surface area contributed by atoms with E-state index in [4.69, 9.17) is 4.42 Å². The highest BCUT2D eigenvalue weighted by atomic mass is 35.5. The largest absolute Gasteiger partial charge is 0.459 e. The summed E-state index contributed by atoms with van der Waals surface area (Å²) in [5.41, 5.74) is 1.98. The molecule has 1 aromatic carbocycles. The van der Waals surface area contributed by atoms with Crippen molar-refractivity contribution in [3.05, 3.63) is 35.6 Å². The van der Waals surface area contributed by atoms with Crippen LogP contribution in [0.3, 0.4) is 0 Å². The van der Waals surface area contributed by atoms with Gasteiger partial charge in [-0.3, -0.25) is 4.79 Å². The number of benzene rings is 1. The lowest BCUT2D eigenvalue weighted by molar-refractivity contribution is -0.121. The number of furan rings is 1. The van der Waals surface area contributed by atoms with E-state index < -0.39 is 0 Å². The number of fused-ring (bicyclic) bond motifs is 1. The quantitative estimate of drug-likeness (QED) is 0.806. The SMILES string of the molecule is CNCCCC(=O)NCc1oc2ccccc2c1C.Cl. The van der Waals surface area contributed by atoms with Gasteiger partial charge in [0.25, 0.3) is 0 Å². The molecule has 0 aliphatic heterocycles. The normalized spacial score (nSPS) is 10.3. The van der Waals surface area contributed by atoms with Gasteiger partial charge in [0.2, 0.25) is 5.91 Å². The molecular weight excluding hydrogens is 276 g/mol. The average molecular weight is 297 g/mol. The Morgan fingerprint density at radius 1 is 1.30 bits per heavy atom. The van der Waals surface area contributed by atoms with Gasteiger partial charge in [-0.2, -0.15) is 0 Å². The number of halogens is 1. The van der Waals surface area contributed by atoms with Crippen molar-refractivity contribution in [2.75, 3.05) is 13.6 Å². The molecule has 2 N–H and O–H groups in total. The molecule has 0 unspecified atom stereocenters. The molecule has 110 valence electrons. The number of hydrogen-bond acceptors (Lipinski definition) is 3. The predicted octanol–water partition coefficient (Wildman–Crippen LogP) is 2.78. The summed E-state index contributed by atoms with van der Waals surface area (Å²) in [5, 5.41) is 7.04. The van der Waals surface area contributed by atoms with E-state index in [2.05, 4.69) is 10.6 Å². The van der Waals surface area contributed by atoms with Crippen LogP contribution in [0, 0.1) is 6.92 Å². The molecule has 0 saturated carbocycles. The molecule has 0 fully saturated rings. The first-order valence-corrected chi connectivity index (χ1v) is 6.60. The maximum Gasteiger partial charge on any atom is 0.220 e. The van der Waals surface area contributed by atoms with Gasteiger partial charge < -0.3 is 15.1 Å². The third-order valence-corrected chi connectivity index (χ3v) is 3.22. The second kappa shape index (κ2) is 7.92. The van der Waals surface area contributed by atoms with Crippen LogP contribution in [0.5, 0.6) is 0 Å². The highest BCUT2D eigenvalue weighted by Crippen LogP contribution is 2.24. The lowest BCUT2D eigenvalue weighted by Gasteiger charge is -2.03. The molecule has 4 nitrogen and oxygen atoms in total. The first-order chi connectivity index (χ1) is 9.22. The molecule has 0 aliphatic carbocycles. The van der Waals surface area contributed by atoms with Crippen LogP contribution in [0.15, 0.2) is 28.7 Å². The summed E-state index contributed by atoms with van der Waals surface area (Å²) in [6.45, 7) is 3.34. The van der Waals surface area contributed by atoms with Crippen LogP contribution < -0.4 is 10.6 Å². The highest BCUT2D eigenvalue weighted by molar-refractivity contribution is 5.85. The molecule has 1 heterocycles. The van der Waals surface area contributed by atoms with E-state index in [-0.39, 0.29) is 18.3 Å². The Morgan fingerprint density at radius 3 is 2.75 bits per heavy atom. The first kappa shape index (κ1) is 16.5. The summed E-state index contributed by atoms with van der Waals surface area (Å²) in [5.74, 6) is 0.901. The van der Waals surface area contributed by atoms with Crippen LogP contribution >= 0.6 is 12.4 Å². The lowest BCUT2D eigenvalue weighted by atomic mass is 10.1. The smallest absolute Gasteiger partial charge is 0.220 e. The Kier molecular flexibility index (Phi) is 6.55. The fourth-order valence-electron chi connectivity index (χ4n) is 2.09. The van der Waals surface area contributed by atoms with Crippen LogP contribution in [0.2, 0.25) is 0 Å². The number of carbonyl (C=O) groups excluding carboxylic acids is 1. The van der Waals surface area contributed by atoms with Crippen molar-refractivity contribution in [2.45, 2.75) is 26.3 Å². The molecule has 0 atom stereocenters. The predicted molar refractivity (Wildman–Crippen MR) is 83.2 cm³/mol. The third kappa shape index (κ3) is 3.99. The Balaban J connectivity index is 0.00000200. The van der Waals surface area contributed by atoms with Gasteiger partial charge in [0, 0.05) is 17.4 Å². The molecular formula is C15H21ClN2O2. The minimum absolute atomic E-state index is 0. The number of nitrogens with one attached hydrogen (secondary N) is 2. The summed E-state index contributed by atoms with van der Waals surface area (Å²) in [7, 11) is 1.88. The Hall–Kier alpha value is -1.52. The number of aryl methyl sites for hydroxylation is 1. The van der Waals surface area contributed by atoms with Crippen LogP contribution in [0.4, 0.5) is 0 Å². The minimum atomic E-state index is 0. The third-order valence-electron chi connectivity index (χ3n) is 3.22. The monoisotopic (exact) mass is 296 g/mol. The average Bonchev–Trinajstić information content (AvgIpc) is 2.74. The summed E-state index contributed by atoms with van der Waals surface area (Å²) in [6.07, 6.45) is 1.39. The van der Waals surface area contributed by atoms with E-state index in [9.17, 15) is 4.79 Å². The van der Waals surface area contributed by atoms with Gasteiger partial charge in [-0.15, -0.1) is 12.4 Å². The van der Waals surface area contributed by atoms with Gasteiger partial charge >= 0.3 is 0 Å². The van der Waals surface area contributed by atoms with Gasteiger partial charge in [0.15, 0.2) is 0 Å². The molecule has 2 aromatic rings. The van der Waals surface area contributed by atoms with E-state index in [1.165, 1.54) is 0 Å². The summed E-state index contributed by atoms with van der Waals surface area (Å²) >= 11 is 0. The topological polar surface area (TPSA) is 54.3 Å². The van der Waals surface area contributed by atoms with Gasteiger partial charge in [-0.25, -0.2) is 0 Å². The van der Waals surface area contributed by atoms with Gasteiger partial charge in [0.1, 0.15) is 11.3 Å². The van der Waals surface area contributed by atoms with Crippen LogP contribution in [0.1, 0.15) is 24.2 Å². The lowest BCUT2D eigenvalue weighted by Crippen LogP contribution is -2.23. The molecule has 20 heavy (non-hydrogen) atoms. The molecule has 0 bridgehead atoms. The number of amides is 1. The molecule has 0 spiro atoms. The van der Waals surface area contributed by atoms with Crippen molar-refractivity contribution < 1.29 is 9.21 Å². The molecule has 0 radical (unpaired) electrons. The maximum absolute atomic E-state index is 11.6. The zero-order valence-electron chi connectivity index (χ0n) is 11.9. The van der Waals surface area contributed by atoms with E-state index in [1.54, 1.807) is 0 Å². The van der Waals surface area contributed by atoms with Crippen molar-refractivity contribution >= 4 is 29.3 Å². The second-order valence-corrected chi connectivity index (χ2v) is 4.63.